The standard InChI is InChI=1S/C26H29FN2O6/c1-11-19(25(28)34)18(31)8-15-5-13-6-16-21(23(32)20(13)24(33)26(11,15)35)17(30)7-14(22(16)27)10-29-9-12-3-2-4-12/h7,12-13,15,29-31,33,35H,1-6,8-10H2,(H2,28,34)/t13-,15+,26+/m1/s1. The van der Waals surface area contributed by atoms with Gasteiger partial charge in [-0.3, -0.25) is 9.59 Å². The van der Waals surface area contributed by atoms with Gasteiger partial charge in [-0.05, 0) is 50.1 Å². The van der Waals surface area contributed by atoms with Crippen molar-refractivity contribution in [3.8, 4) is 5.75 Å². The molecule has 4 aliphatic rings. The van der Waals surface area contributed by atoms with Crippen molar-refractivity contribution in [3.63, 3.8) is 0 Å². The van der Waals surface area contributed by atoms with Gasteiger partial charge in [-0.1, -0.05) is 13.0 Å². The van der Waals surface area contributed by atoms with Gasteiger partial charge in [-0.25, -0.2) is 4.39 Å². The maximum absolute atomic E-state index is 15.5. The predicted octanol–water partition coefficient (Wildman–Crippen LogP) is 2.60. The number of allylic oxidation sites excluding steroid dienone is 2. The van der Waals surface area contributed by atoms with E-state index in [1.165, 1.54) is 12.5 Å². The fourth-order valence-electron chi connectivity index (χ4n) is 6.14. The van der Waals surface area contributed by atoms with Crippen LogP contribution in [-0.2, 0) is 17.8 Å². The number of nitrogens with two attached hydrogens (primary N) is 1. The van der Waals surface area contributed by atoms with Crippen LogP contribution in [-0.4, -0.2) is 44.3 Å². The molecule has 1 fully saturated rings. The van der Waals surface area contributed by atoms with Crippen LogP contribution in [0.1, 0.15) is 53.6 Å². The number of rotatable bonds is 5. The van der Waals surface area contributed by atoms with Crippen molar-refractivity contribution >= 4 is 11.7 Å². The maximum atomic E-state index is 15.5. The smallest absolute Gasteiger partial charge is 0.252 e. The Labute approximate surface area is 201 Å². The third-order valence-corrected chi connectivity index (χ3v) is 8.23. The molecule has 0 unspecified atom stereocenters. The fourth-order valence-corrected chi connectivity index (χ4v) is 6.14. The molecule has 0 spiro atoms. The second kappa shape index (κ2) is 8.20. The summed E-state index contributed by atoms with van der Waals surface area (Å²) in [4.78, 5) is 25.3. The van der Waals surface area contributed by atoms with E-state index in [-0.39, 0.29) is 65.0 Å². The number of halogens is 1. The molecule has 0 bridgehead atoms. The molecule has 186 valence electrons. The van der Waals surface area contributed by atoms with Gasteiger partial charge in [0.05, 0.1) is 11.1 Å². The largest absolute Gasteiger partial charge is 0.511 e. The Kier molecular flexibility index (Phi) is 5.52. The highest BCUT2D eigenvalue weighted by molar-refractivity contribution is 6.13. The molecule has 9 heteroatoms. The summed E-state index contributed by atoms with van der Waals surface area (Å²) in [5.74, 6) is -4.68. The number of aliphatic hydroxyl groups is 3. The van der Waals surface area contributed by atoms with E-state index in [0.29, 0.717) is 5.92 Å². The Morgan fingerprint density at radius 2 is 1.97 bits per heavy atom. The van der Waals surface area contributed by atoms with Crippen molar-refractivity contribution in [1.82, 2.24) is 5.32 Å². The van der Waals surface area contributed by atoms with Gasteiger partial charge in [0.15, 0.2) is 11.4 Å². The molecule has 0 saturated heterocycles. The van der Waals surface area contributed by atoms with Crippen molar-refractivity contribution in [2.24, 2.45) is 23.5 Å². The number of primary amides is 1. The van der Waals surface area contributed by atoms with E-state index in [1.807, 2.05) is 0 Å². The highest BCUT2D eigenvalue weighted by Gasteiger charge is 2.56. The normalized spacial score (nSPS) is 28.4. The lowest BCUT2D eigenvalue weighted by Gasteiger charge is -2.47. The first-order valence-corrected chi connectivity index (χ1v) is 11.9. The first kappa shape index (κ1) is 23.6. The molecule has 0 heterocycles. The summed E-state index contributed by atoms with van der Waals surface area (Å²) in [6, 6.07) is 1.23. The number of hydrogen-bond acceptors (Lipinski definition) is 7. The Morgan fingerprint density at radius 3 is 2.60 bits per heavy atom. The summed E-state index contributed by atoms with van der Waals surface area (Å²) in [5, 5.41) is 46.8. The SMILES string of the molecule is C=C1C(C(N)=O)=C(O)C[C@@H]2C[C@@H]3Cc4c(F)c(CNCC5CCC5)cc(O)c4C(=O)C3=C(O)[C@]12O. The van der Waals surface area contributed by atoms with Crippen LogP contribution in [0.5, 0.6) is 5.75 Å². The van der Waals surface area contributed by atoms with Crippen LogP contribution in [0.25, 0.3) is 0 Å². The van der Waals surface area contributed by atoms with Crippen molar-refractivity contribution < 1.29 is 34.4 Å². The second-order valence-corrected chi connectivity index (χ2v) is 10.2. The zero-order valence-electron chi connectivity index (χ0n) is 19.2. The minimum Gasteiger partial charge on any atom is -0.511 e. The number of carbonyl (C=O) groups is 2. The number of aromatic hydroxyl groups is 1. The average Bonchev–Trinajstić information content (AvgIpc) is 2.75. The molecule has 35 heavy (non-hydrogen) atoms. The molecule has 3 atom stereocenters. The average molecular weight is 485 g/mol. The first-order chi connectivity index (χ1) is 16.6. The number of phenolic OH excluding ortho intramolecular Hbond substituents is 1. The molecule has 4 aliphatic carbocycles. The molecule has 0 aliphatic heterocycles. The lowest BCUT2D eigenvalue weighted by Crippen LogP contribution is -2.52. The van der Waals surface area contributed by atoms with E-state index in [1.54, 1.807) is 0 Å². The van der Waals surface area contributed by atoms with Crippen LogP contribution in [0.3, 0.4) is 0 Å². The molecule has 1 aromatic rings. The van der Waals surface area contributed by atoms with Crippen molar-refractivity contribution in [3.05, 3.63) is 63.4 Å². The lowest BCUT2D eigenvalue weighted by molar-refractivity contribution is -0.115. The minimum atomic E-state index is -2.19. The van der Waals surface area contributed by atoms with Gasteiger partial charge in [0.2, 0.25) is 0 Å². The van der Waals surface area contributed by atoms with Crippen LogP contribution in [0.4, 0.5) is 4.39 Å². The van der Waals surface area contributed by atoms with Crippen LogP contribution in [0, 0.1) is 23.6 Å². The molecule has 0 radical (unpaired) electrons. The van der Waals surface area contributed by atoms with E-state index < -0.39 is 46.5 Å². The van der Waals surface area contributed by atoms with Crippen LogP contribution < -0.4 is 11.1 Å². The van der Waals surface area contributed by atoms with E-state index >= 15 is 4.39 Å². The molecule has 1 aromatic carbocycles. The number of phenols is 1. The first-order valence-electron chi connectivity index (χ1n) is 11.9. The molecular formula is C26H29FN2O6. The summed E-state index contributed by atoms with van der Waals surface area (Å²) >= 11 is 0. The van der Waals surface area contributed by atoms with E-state index in [0.717, 1.165) is 19.4 Å². The number of fused-ring (bicyclic) bond motifs is 3. The van der Waals surface area contributed by atoms with Crippen LogP contribution >= 0.6 is 0 Å². The Hall–Kier alpha value is -3.17. The topological polar surface area (TPSA) is 153 Å². The van der Waals surface area contributed by atoms with Crippen molar-refractivity contribution in [2.75, 3.05) is 6.54 Å². The summed E-state index contributed by atoms with van der Waals surface area (Å²) < 4.78 is 15.5. The molecule has 7 N–H and O–H groups in total. The third-order valence-electron chi connectivity index (χ3n) is 8.23. The van der Waals surface area contributed by atoms with Crippen LogP contribution in [0.2, 0.25) is 0 Å². The maximum Gasteiger partial charge on any atom is 0.252 e. The summed E-state index contributed by atoms with van der Waals surface area (Å²) in [7, 11) is 0. The molecule has 1 saturated carbocycles. The predicted molar refractivity (Wildman–Crippen MR) is 124 cm³/mol. The van der Waals surface area contributed by atoms with Gasteiger partial charge in [-0.15, -0.1) is 0 Å². The quantitative estimate of drug-likeness (QED) is 0.376. The second-order valence-electron chi connectivity index (χ2n) is 10.2. The number of amides is 1. The molecule has 8 nitrogen and oxygen atoms in total. The van der Waals surface area contributed by atoms with Gasteiger partial charge in [0.1, 0.15) is 23.1 Å². The lowest BCUT2D eigenvalue weighted by atomic mass is 9.59. The highest BCUT2D eigenvalue weighted by Crippen LogP contribution is 2.54. The Morgan fingerprint density at radius 1 is 1.26 bits per heavy atom. The van der Waals surface area contributed by atoms with Gasteiger partial charge in [0.25, 0.3) is 5.91 Å². The molecular weight excluding hydrogens is 455 g/mol. The summed E-state index contributed by atoms with van der Waals surface area (Å²) in [6.07, 6.45) is 3.48. The minimum absolute atomic E-state index is 0.0303. The van der Waals surface area contributed by atoms with Gasteiger partial charge in [0, 0.05) is 41.2 Å². The fraction of sp³-hybridized carbons (Fsp3) is 0.462. The Bertz CT molecular complexity index is 1230. The van der Waals surface area contributed by atoms with Crippen molar-refractivity contribution in [2.45, 2.75) is 50.7 Å². The third kappa shape index (κ3) is 3.40. The summed E-state index contributed by atoms with van der Waals surface area (Å²) in [6.45, 7) is 4.66. The number of nitrogens with one attached hydrogen (secondary N) is 1. The number of Topliss-reactive ketones (excluding diaryl/α,β-unsaturated/α-hetero) is 1. The van der Waals surface area contributed by atoms with E-state index in [2.05, 4.69) is 11.9 Å². The van der Waals surface area contributed by atoms with Gasteiger partial charge < -0.3 is 31.5 Å². The monoisotopic (exact) mass is 484 g/mol. The number of aliphatic hydroxyl groups excluding tert-OH is 2. The van der Waals surface area contributed by atoms with Crippen molar-refractivity contribution in [1.29, 1.82) is 0 Å². The number of carbonyl (C=O) groups excluding carboxylic acids is 2. The summed E-state index contributed by atoms with van der Waals surface area (Å²) in [5.41, 5.74) is 2.44. The Balaban J connectivity index is 1.52. The number of hydrogen-bond donors (Lipinski definition) is 6. The molecule has 1 amide bonds. The number of benzene rings is 1. The highest BCUT2D eigenvalue weighted by atomic mass is 19.1. The molecule has 5 rings (SSSR count). The van der Waals surface area contributed by atoms with Gasteiger partial charge in [-0.2, -0.15) is 0 Å². The van der Waals surface area contributed by atoms with E-state index in [4.69, 9.17) is 5.73 Å². The van der Waals surface area contributed by atoms with Gasteiger partial charge >= 0.3 is 0 Å². The van der Waals surface area contributed by atoms with Crippen LogP contribution in [0.15, 0.2) is 40.9 Å². The van der Waals surface area contributed by atoms with E-state index in [9.17, 15) is 30.0 Å². The zero-order valence-corrected chi connectivity index (χ0v) is 19.2. The number of ketones is 1. The zero-order chi connectivity index (χ0) is 25.2. The molecule has 0 aromatic heterocycles.